The number of allylic oxidation sites excluding steroid dienone is 1. The van der Waals surface area contributed by atoms with Crippen LogP contribution in [0.15, 0.2) is 35.9 Å². The number of hydrogen-bond donors (Lipinski definition) is 1. The molecule has 0 radical (unpaired) electrons. The number of aliphatic carboxylic acids is 1. The first-order valence-electron chi connectivity index (χ1n) is 20.5. The van der Waals surface area contributed by atoms with E-state index < -0.39 is 46.3 Å². The predicted molar refractivity (Wildman–Crippen MR) is 204 cm³/mol. The van der Waals surface area contributed by atoms with Gasteiger partial charge in [0.05, 0.1) is 25.7 Å². The molecule has 1 aromatic carbocycles. The second-order valence-electron chi connectivity index (χ2n) is 19.3. The van der Waals surface area contributed by atoms with Crippen LogP contribution in [0.25, 0.3) is 0 Å². The van der Waals surface area contributed by atoms with Crippen LogP contribution in [0, 0.1) is 62.5 Å². The van der Waals surface area contributed by atoms with Gasteiger partial charge in [-0.3, -0.25) is 19.3 Å². The first-order valence-corrected chi connectivity index (χ1v) is 20.5. The molecule has 11 atom stereocenters. The third-order valence-electron chi connectivity index (χ3n) is 16.6. The summed E-state index contributed by atoms with van der Waals surface area (Å²) in [5.74, 6) is -1.15. The van der Waals surface area contributed by atoms with Crippen LogP contribution < -0.4 is 4.90 Å². The number of rotatable bonds is 8. The molecule has 1 N–H and O–H groups in total. The van der Waals surface area contributed by atoms with Crippen LogP contribution in [0.1, 0.15) is 93.9 Å². The lowest BCUT2D eigenvalue weighted by Gasteiger charge is -2.71. The Balaban J connectivity index is 1.14. The molecular formula is C44H63FN2O7. The number of nitrogens with zero attached hydrogens (tertiary/aromatic N) is 2. The molecule has 2 aliphatic heterocycles. The van der Waals surface area contributed by atoms with Crippen LogP contribution in [-0.4, -0.2) is 86.1 Å². The number of carboxylic acid groups (broad SMARTS) is 1. The highest BCUT2D eigenvalue weighted by Crippen LogP contribution is 2.75. The molecule has 9 nitrogen and oxygen atoms in total. The Morgan fingerprint density at radius 3 is 2.26 bits per heavy atom. The van der Waals surface area contributed by atoms with E-state index in [1.165, 1.54) is 24.6 Å². The zero-order valence-corrected chi connectivity index (χ0v) is 33.8. The normalized spacial score (nSPS) is 41.1. The van der Waals surface area contributed by atoms with Gasteiger partial charge in [0.2, 0.25) is 0 Å². The lowest BCUT2D eigenvalue weighted by Crippen LogP contribution is -2.70. The minimum atomic E-state index is -0.678. The lowest BCUT2D eigenvalue weighted by atomic mass is 9.34. The fourth-order valence-corrected chi connectivity index (χ4v) is 13.3. The highest BCUT2D eigenvalue weighted by atomic mass is 19.1. The van der Waals surface area contributed by atoms with E-state index >= 15 is 0 Å². The van der Waals surface area contributed by atoms with Crippen LogP contribution in [0.4, 0.5) is 10.1 Å². The van der Waals surface area contributed by atoms with Crippen molar-refractivity contribution in [2.24, 2.45) is 56.7 Å². The van der Waals surface area contributed by atoms with Gasteiger partial charge in [-0.1, -0.05) is 60.1 Å². The lowest BCUT2D eigenvalue weighted by molar-refractivity contribution is -0.263. The van der Waals surface area contributed by atoms with Crippen molar-refractivity contribution >= 4 is 23.6 Å². The molecule has 0 unspecified atom stereocenters. The van der Waals surface area contributed by atoms with Crippen molar-refractivity contribution in [3.05, 3.63) is 41.7 Å². The summed E-state index contributed by atoms with van der Waals surface area (Å²) in [5.41, 5.74) is 0.357. The Hall–Kier alpha value is -2.98. The summed E-state index contributed by atoms with van der Waals surface area (Å²) < 4.78 is 32.6. The number of piperazine rings is 1. The van der Waals surface area contributed by atoms with Gasteiger partial charge < -0.3 is 24.2 Å². The molecule has 2 saturated heterocycles. The average Bonchev–Trinajstić information content (AvgIpc) is 3.10. The maximum atomic E-state index is 13.8. The number of carbonyl (C=O) groups excluding carboxylic acids is 2. The third-order valence-corrected chi connectivity index (χ3v) is 16.6. The zero-order valence-electron chi connectivity index (χ0n) is 33.8. The fourth-order valence-electron chi connectivity index (χ4n) is 13.3. The summed E-state index contributed by atoms with van der Waals surface area (Å²) in [6.45, 7) is 21.0. The van der Waals surface area contributed by atoms with Crippen LogP contribution >= 0.6 is 0 Å². The van der Waals surface area contributed by atoms with Crippen LogP contribution in [0.3, 0.4) is 0 Å². The molecule has 4 aliphatic carbocycles. The molecule has 298 valence electrons. The molecule has 10 heteroatoms. The first-order chi connectivity index (χ1) is 25.4. The van der Waals surface area contributed by atoms with E-state index in [-0.39, 0.29) is 46.9 Å². The number of hydrogen-bond acceptors (Lipinski definition) is 8. The van der Waals surface area contributed by atoms with Gasteiger partial charge in [0, 0.05) is 49.6 Å². The maximum Gasteiger partial charge on any atom is 0.320 e. The number of halogens is 1. The van der Waals surface area contributed by atoms with Crippen molar-refractivity contribution in [3.63, 3.8) is 0 Å². The second-order valence-corrected chi connectivity index (χ2v) is 19.3. The Bertz CT molecular complexity index is 1660. The molecule has 54 heavy (non-hydrogen) atoms. The molecule has 1 aromatic rings. The van der Waals surface area contributed by atoms with Crippen molar-refractivity contribution < 1.29 is 38.1 Å². The van der Waals surface area contributed by atoms with Crippen LogP contribution in [0.2, 0.25) is 0 Å². The number of carbonyl (C=O) groups is 3. The van der Waals surface area contributed by atoms with Gasteiger partial charge in [0.15, 0.2) is 0 Å². The minimum absolute atomic E-state index is 0.135. The highest BCUT2D eigenvalue weighted by molar-refractivity contribution is 5.73. The van der Waals surface area contributed by atoms with Gasteiger partial charge in [0.1, 0.15) is 18.0 Å². The van der Waals surface area contributed by atoms with E-state index in [0.29, 0.717) is 58.2 Å². The SMILES string of the molecule is CC(=O)O[C@@H]1C[C@]23COC[C@](C)([C@@H]2CC[C@H]2C3=CC[C@@]3(C)[C@H](C(=O)O)[C@@](C)([C@H](C)C(C)C)CC[C@]23C)[C@H]1OC(=O)CN1CCN(c2ccc(F)cc2)CC1. The van der Waals surface area contributed by atoms with Crippen molar-refractivity contribution in [1.29, 1.82) is 0 Å². The summed E-state index contributed by atoms with van der Waals surface area (Å²) in [5, 5.41) is 11.0. The van der Waals surface area contributed by atoms with Crippen molar-refractivity contribution in [2.45, 2.75) is 106 Å². The van der Waals surface area contributed by atoms with Crippen molar-refractivity contribution in [1.82, 2.24) is 4.90 Å². The number of ether oxygens (including phenoxy) is 3. The number of fused-ring (bicyclic) bond motifs is 3. The largest absolute Gasteiger partial charge is 0.481 e. The maximum absolute atomic E-state index is 13.8. The Kier molecular flexibility index (Phi) is 10.1. The summed E-state index contributed by atoms with van der Waals surface area (Å²) >= 11 is 0. The molecule has 3 saturated carbocycles. The number of esters is 2. The van der Waals surface area contributed by atoms with E-state index in [0.717, 1.165) is 31.4 Å². The Labute approximate surface area is 321 Å². The molecule has 7 rings (SSSR count). The topological polar surface area (TPSA) is 106 Å². The summed E-state index contributed by atoms with van der Waals surface area (Å²) in [4.78, 5) is 44.2. The van der Waals surface area contributed by atoms with Gasteiger partial charge in [-0.05, 0) is 103 Å². The smallest absolute Gasteiger partial charge is 0.320 e. The zero-order chi connectivity index (χ0) is 39.0. The first kappa shape index (κ1) is 39.3. The van der Waals surface area contributed by atoms with Crippen molar-refractivity contribution in [3.8, 4) is 0 Å². The van der Waals surface area contributed by atoms with Crippen LogP contribution in [0.5, 0.6) is 0 Å². The average molecular weight is 751 g/mol. The molecule has 0 aromatic heterocycles. The van der Waals surface area contributed by atoms with E-state index in [1.54, 1.807) is 12.1 Å². The second kappa shape index (κ2) is 13.9. The van der Waals surface area contributed by atoms with Crippen molar-refractivity contribution in [2.75, 3.05) is 50.8 Å². The van der Waals surface area contributed by atoms with Gasteiger partial charge in [-0.25, -0.2) is 4.39 Å². The third kappa shape index (κ3) is 6.02. The minimum Gasteiger partial charge on any atom is -0.481 e. The van der Waals surface area contributed by atoms with Gasteiger partial charge in [-0.2, -0.15) is 0 Å². The van der Waals surface area contributed by atoms with E-state index in [1.807, 2.05) is 0 Å². The fraction of sp³-hybridized carbons (Fsp3) is 0.750. The van der Waals surface area contributed by atoms with E-state index in [9.17, 15) is 23.9 Å². The molecule has 0 spiro atoms. The molecule has 6 aliphatic rings. The molecule has 5 fully saturated rings. The number of carboxylic acids is 1. The number of benzene rings is 1. The van der Waals surface area contributed by atoms with Gasteiger partial charge in [0.25, 0.3) is 0 Å². The highest BCUT2D eigenvalue weighted by Gasteiger charge is 2.72. The summed E-state index contributed by atoms with van der Waals surface area (Å²) in [6, 6.07) is 6.50. The predicted octanol–water partition coefficient (Wildman–Crippen LogP) is 7.38. The van der Waals surface area contributed by atoms with Crippen LogP contribution in [-0.2, 0) is 28.6 Å². The quantitative estimate of drug-likeness (QED) is 0.215. The van der Waals surface area contributed by atoms with Gasteiger partial charge in [-0.15, -0.1) is 0 Å². The molecular weight excluding hydrogens is 687 g/mol. The van der Waals surface area contributed by atoms with E-state index in [4.69, 9.17) is 14.2 Å². The van der Waals surface area contributed by atoms with E-state index in [2.05, 4.69) is 64.3 Å². The van der Waals surface area contributed by atoms with Gasteiger partial charge >= 0.3 is 17.9 Å². The Morgan fingerprint density at radius 1 is 0.944 bits per heavy atom. The Morgan fingerprint density at radius 2 is 1.63 bits per heavy atom. The summed E-state index contributed by atoms with van der Waals surface area (Å²) in [7, 11) is 0. The molecule has 2 bridgehead atoms. The molecule has 0 amide bonds. The summed E-state index contributed by atoms with van der Waals surface area (Å²) in [6.07, 6.45) is 6.01. The standard InChI is InChI=1S/C44H63FN2O7/c1-27(2)28(3)40(5)17-18-42(7)32-13-14-35-41(6)25-52-26-44(35,33(32)15-16-43(42,8)37(40)39(50)51)23-34(53-29(4)48)38(41)54-36(49)24-46-19-21-47(22-20-46)31-11-9-30(45)10-12-31/h9-12,15,27-28,32,34-35,37-38H,13-14,16-26H2,1-8H3,(H,50,51)/t28-,32+,34-,35+,37-,38+,40-,41-,42-,43+,44-/m1/s1. The molecule has 2 heterocycles. The monoisotopic (exact) mass is 750 g/mol. The number of anilines is 1.